The highest BCUT2D eigenvalue weighted by molar-refractivity contribution is 7.11. The molecule has 3 rings (SSSR count). The molecule has 0 aliphatic carbocycles. The Labute approximate surface area is 120 Å². The predicted octanol–water partition coefficient (Wildman–Crippen LogP) is 3.08. The van der Waals surface area contributed by atoms with Gasteiger partial charge in [-0.25, -0.2) is 4.79 Å². The molecule has 2 heterocycles. The van der Waals surface area contributed by atoms with Crippen molar-refractivity contribution in [2.75, 3.05) is 0 Å². The second-order valence-electron chi connectivity index (χ2n) is 5.00. The Hall–Kier alpha value is -1.85. The van der Waals surface area contributed by atoms with E-state index in [9.17, 15) is 4.79 Å². The van der Waals surface area contributed by atoms with Crippen molar-refractivity contribution >= 4 is 22.4 Å². The van der Waals surface area contributed by atoms with E-state index in [1.165, 1.54) is 15.3 Å². The van der Waals surface area contributed by atoms with E-state index in [0.29, 0.717) is 0 Å². The van der Waals surface area contributed by atoms with Gasteiger partial charge in [0.15, 0.2) is 0 Å². The van der Waals surface area contributed by atoms with Crippen molar-refractivity contribution in [3.8, 4) is 0 Å². The van der Waals surface area contributed by atoms with Crippen molar-refractivity contribution in [3.05, 3.63) is 56.1 Å². The smallest absolute Gasteiger partial charge is 0.306 e. The van der Waals surface area contributed by atoms with Crippen LogP contribution in [0.15, 0.2) is 35.1 Å². The Morgan fingerprint density at radius 1 is 1.20 bits per heavy atom. The molecule has 20 heavy (non-hydrogen) atoms. The van der Waals surface area contributed by atoms with Crippen LogP contribution in [0.1, 0.15) is 28.3 Å². The molecule has 0 fully saturated rings. The summed E-state index contributed by atoms with van der Waals surface area (Å²) in [7, 11) is 0. The molecule has 4 nitrogen and oxygen atoms in total. The first-order chi connectivity index (χ1) is 9.61. The summed E-state index contributed by atoms with van der Waals surface area (Å²) >= 11 is 1.82. The van der Waals surface area contributed by atoms with Gasteiger partial charge in [-0.2, -0.15) is 0 Å². The average Bonchev–Trinajstić information content (AvgIpc) is 2.99. The summed E-state index contributed by atoms with van der Waals surface area (Å²) in [6.07, 6.45) is 0. The largest absolute Gasteiger partial charge is 0.323 e. The molecule has 1 unspecified atom stereocenters. The number of aromatic amines is 2. The Balaban J connectivity index is 1.74. The first-order valence-electron chi connectivity index (χ1n) is 6.62. The molecule has 3 aromatic rings. The lowest BCUT2D eigenvalue weighted by molar-refractivity contribution is 0.579. The number of imidazole rings is 1. The van der Waals surface area contributed by atoms with E-state index < -0.39 is 0 Å². The molecular formula is C15H17N3OS. The minimum atomic E-state index is -0.160. The van der Waals surface area contributed by atoms with Crippen LogP contribution < -0.4 is 11.0 Å². The van der Waals surface area contributed by atoms with E-state index in [1.54, 1.807) is 0 Å². The minimum absolute atomic E-state index is 0.160. The number of aromatic nitrogens is 2. The molecule has 0 saturated heterocycles. The highest BCUT2D eigenvalue weighted by Crippen LogP contribution is 2.19. The standard InChI is InChI=1S/C15H17N3OS/c1-9-3-5-12(20-9)8-16-10(2)11-4-6-13-14(7-11)18-15(19)17-13/h3-7,10,16H,8H2,1-2H3,(H2,17,18,19). The first-order valence-corrected chi connectivity index (χ1v) is 7.44. The van der Waals surface area contributed by atoms with E-state index in [1.807, 2.05) is 29.5 Å². The number of aryl methyl sites for hydroxylation is 1. The third-order valence-corrected chi connectivity index (χ3v) is 4.42. The number of rotatable bonds is 4. The lowest BCUT2D eigenvalue weighted by atomic mass is 10.1. The van der Waals surface area contributed by atoms with Crippen molar-refractivity contribution in [2.24, 2.45) is 0 Å². The van der Waals surface area contributed by atoms with E-state index in [-0.39, 0.29) is 11.7 Å². The van der Waals surface area contributed by atoms with Gasteiger partial charge in [0.1, 0.15) is 0 Å². The second kappa shape index (κ2) is 5.26. The summed E-state index contributed by atoms with van der Waals surface area (Å²) in [6.45, 7) is 5.11. The topological polar surface area (TPSA) is 60.7 Å². The maximum Gasteiger partial charge on any atom is 0.323 e. The quantitative estimate of drug-likeness (QED) is 0.690. The fourth-order valence-electron chi connectivity index (χ4n) is 2.27. The summed E-state index contributed by atoms with van der Waals surface area (Å²) in [5, 5.41) is 3.51. The number of hydrogen-bond acceptors (Lipinski definition) is 3. The van der Waals surface area contributed by atoms with Crippen LogP contribution in [0.5, 0.6) is 0 Å². The predicted molar refractivity (Wildman–Crippen MR) is 83.2 cm³/mol. The number of nitrogens with one attached hydrogen (secondary N) is 3. The normalized spacial score (nSPS) is 12.9. The molecule has 2 aromatic heterocycles. The van der Waals surface area contributed by atoms with Gasteiger partial charge < -0.3 is 15.3 Å². The number of hydrogen-bond donors (Lipinski definition) is 3. The van der Waals surface area contributed by atoms with E-state index in [0.717, 1.165) is 17.6 Å². The van der Waals surface area contributed by atoms with Crippen LogP contribution in [-0.2, 0) is 6.54 Å². The summed E-state index contributed by atoms with van der Waals surface area (Å²) in [6, 6.07) is 10.5. The van der Waals surface area contributed by atoms with Gasteiger partial charge >= 0.3 is 5.69 Å². The molecule has 1 atom stereocenters. The fourth-order valence-corrected chi connectivity index (χ4v) is 3.11. The van der Waals surface area contributed by atoms with Gasteiger partial charge in [-0.15, -0.1) is 11.3 Å². The van der Waals surface area contributed by atoms with Gasteiger partial charge in [-0.3, -0.25) is 0 Å². The molecule has 0 spiro atoms. The minimum Gasteiger partial charge on any atom is -0.306 e. The summed E-state index contributed by atoms with van der Waals surface area (Å²) in [5.41, 5.74) is 2.71. The molecular weight excluding hydrogens is 270 g/mol. The monoisotopic (exact) mass is 287 g/mol. The third kappa shape index (κ3) is 2.69. The first kappa shape index (κ1) is 13.1. The van der Waals surface area contributed by atoms with Gasteiger partial charge in [0.25, 0.3) is 0 Å². The summed E-state index contributed by atoms with van der Waals surface area (Å²) in [4.78, 5) is 19.5. The van der Waals surface area contributed by atoms with E-state index >= 15 is 0 Å². The molecule has 0 aliphatic rings. The molecule has 0 amide bonds. The zero-order valence-corrected chi connectivity index (χ0v) is 12.3. The molecule has 0 radical (unpaired) electrons. The van der Waals surface area contributed by atoms with Crippen LogP contribution in [0, 0.1) is 6.92 Å². The van der Waals surface area contributed by atoms with Gasteiger partial charge in [0.2, 0.25) is 0 Å². The fraction of sp³-hybridized carbons (Fsp3) is 0.267. The maximum atomic E-state index is 11.3. The average molecular weight is 287 g/mol. The van der Waals surface area contributed by atoms with Crippen LogP contribution in [-0.4, -0.2) is 9.97 Å². The summed E-state index contributed by atoms with van der Waals surface area (Å²) in [5.74, 6) is 0. The van der Waals surface area contributed by atoms with Crippen molar-refractivity contribution in [3.63, 3.8) is 0 Å². The highest BCUT2D eigenvalue weighted by atomic mass is 32.1. The molecule has 0 saturated carbocycles. The van der Waals surface area contributed by atoms with E-state index in [2.05, 4.69) is 41.3 Å². The third-order valence-electron chi connectivity index (χ3n) is 3.42. The van der Waals surface area contributed by atoms with Crippen molar-refractivity contribution in [1.82, 2.24) is 15.3 Å². The zero-order chi connectivity index (χ0) is 14.1. The Morgan fingerprint density at radius 2 is 2.00 bits per heavy atom. The van der Waals surface area contributed by atoms with Crippen LogP contribution in [0.4, 0.5) is 0 Å². The lowest BCUT2D eigenvalue weighted by Gasteiger charge is -2.13. The van der Waals surface area contributed by atoms with Crippen LogP contribution in [0.3, 0.4) is 0 Å². The Morgan fingerprint density at radius 3 is 2.75 bits per heavy atom. The van der Waals surface area contributed by atoms with Crippen molar-refractivity contribution < 1.29 is 0 Å². The van der Waals surface area contributed by atoms with E-state index in [4.69, 9.17) is 0 Å². The molecule has 0 aliphatic heterocycles. The van der Waals surface area contributed by atoms with Gasteiger partial charge in [0.05, 0.1) is 11.0 Å². The van der Waals surface area contributed by atoms with Crippen LogP contribution in [0.2, 0.25) is 0 Å². The number of fused-ring (bicyclic) bond motifs is 1. The lowest BCUT2D eigenvalue weighted by Crippen LogP contribution is -2.17. The Kier molecular flexibility index (Phi) is 3.46. The molecule has 104 valence electrons. The van der Waals surface area contributed by atoms with Crippen molar-refractivity contribution in [1.29, 1.82) is 0 Å². The summed E-state index contributed by atoms with van der Waals surface area (Å²) < 4.78 is 0. The zero-order valence-electron chi connectivity index (χ0n) is 11.5. The molecule has 3 N–H and O–H groups in total. The second-order valence-corrected chi connectivity index (χ2v) is 6.37. The Bertz CT molecular complexity index is 784. The van der Waals surface area contributed by atoms with Gasteiger partial charge in [0, 0.05) is 22.3 Å². The number of H-pyrrole nitrogens is 2. The van der Waals surface area contributed by atoms with Crippen LogP contribution >= 0.6 is 11.3 Å². The SMILES string of the molecule is Cc1ccc(CNC(C)c2ccc3[nH]c(=O)[nH]c3c2)s1. The molecule has 0 bridgehead atoms. The number of benzene rings is 1. The van der Waals surface area contributed by atoms with Gasteiger partial charge in [-0.05, 0) is 43.7 Å². The number of thiophene rings is 1. The van der Waals surface area contributed by atoms with Crippen molar-refractivity contribution in [2.45, 2.75) is 26.4 Å². The molecule has 5 heteroatoms. The maximum absolute atomic E-state index is 11.3. The van der Waals surface area contributed by atoms with Crippen LogP contribution in [0.25, 0.3) is 11.0 Å². The van der Waals surface area contributed by atoms with Gasteiger partial charge in [-0.1, -0.05) is 6.07 Å². The highest BCUT2D eigenvalue weighted by Gasteiger charge is 2.07. The molecule has 1 aromatic carbocycles.